The van der Waals surface area contributed by atoms with Crippen molar-refractivity contribution < 1.29 is 18.3 Å². The molecule has 0 fully saturated rings. The van der Waals surface area contributed by atoms with Crippen molar-refractivity contribution in [1.82, 2.24) is 15.2 Å². The van der Waals surface area contributed by atoms with Crippen LogP contribution in [0, 0.1) is 12.7 Å². The molecule has 0 saturated heterocycles. The number of fused-ring (bicyclic) bond motifs is 2. The Kier molecular flexibility index (Phi) is 5.64. The van der Waals surface area contributed by atoms with Gasteiger partial charge >= 0.3 is 5.97 Å². The van der Waals surface area contributed by atoms with Crippen LogP contribution >= 0.6 is 11.6 Å². The number of esters is 1. The van der Waals surface area contributed by atoms with E-state index in [4.69, 9.17) is 25.7 Å². The molecule has 33 heavy (non-hydrogen) atoms. The molecule has 0 N–H and O–H groups in total. The van der Waals surface area contributed by atoms with Crippen molar-refractivity contribution in [3.8, 4) is 0 Å². The molecule has 1 aliphatic carbocycles. The molecule has 2 heterocycles. The minimum absolute atomic E-state index is 0.126. The molecule has 0 bridgehead atoms. The van der Waals surface area contributed by atoms with E-state index in [1.165, 1.54) is 6.07 Å². The summed E-state index contributed by atoms with van der Waals surface area (Å²) >= 11 is 6.25. The van der Waals surface area contributed by atoms with E-state index in [-0.39, 0.29) is 12.5 Å². The fraction of sp³-hybridized carbons (Fsp3) is 0.200. The Morgan fingerprint density at radius 1 is 1.18 bits per heavy atom. The molecule has 8 heteroatoms. The van der Waals surface area contributed by atoms with Gasteiger partial charge in [-0.1, -0.05) is 35.9 Å². The maximum absolute atomic E-state index is 14.5. The number of para-hydroxylation sites is 1. The predicted molar refractivity (Wildman–Crippen MR) is 122 cm³/mol. The summed E-state index contributed by atoms with van der Waals surface area (Å²) < 4.78 is 25.3. The highest BCUT2D eigenvalue weighted by Crippen LogP contribution is 2.37. The number of aryl methyl sites for hydroxylation is 1. The molecule has 5 rings (SSSR count). The van der Waals surface area contributed by atoms with Crippen molar-refractivity contribution in [3.05, 3.63) is 87.5 Å². The molecule has 0 atom stereocenters. The van der Waals surface area contributed by atoms with E-state index in [0.29, 0.717) is 51.5 Å². The lowest BCUT2D eigenvalue weighted by Gasteiger charge is -2.22. The average Bonchev–Trinajstić information content (AvgIpc) is 3.23. The highest BCUT2D eigenvalue weighted by atomic mass is 35.5. The van der Waals surface area contributed by atoms with E-state index >= 15 is 0 Å². The highest BCUT2D eigenvalue weighted by molar-refractivity contribution is 6.32. The predicted octanol–water partition coefficient (Wildman–Crippen LogP) is 5.95. The van der Waals surface area contributed by atoms with Gasteiger partial charge in [-0.25, -0.2) is 14.2 Å². The molecule has 166 valence electrons. The summed E-state index contributed by atoms with van der Waals surface area (Å²) in [5, 5.41) is 8.65. The maximum atomic E-state index is 14.5. The minimum atomic E-state index is -0.495. The van der Waals surface area contributed by atoms with Crippen LogP contribution in [0.2, 0.25) is 5.02 Å². The number of hydrogen-bond acceptors (Lipinski definition) is 6. The largest absolute Gasteiger partial charge is 0.452 e. The van der Waals surface area contributed by atoms with Gasteiger partial charge in [0.15, 0.2) is 6.61 Å². The van der Waals surface area contributed by atoms with Gasteiger partial charge in [-0.3, -0.25) is 0 Å². The first-order valence-corrected chi connectivity index (χ1v) is 10.9. The van der Waals surface area contributed by atoms with Crippen LogP contribution in [0.4, 0.5) is 4.39 Å². The highest BCUT2D eigenvalue weighted by Gasteiger charge is 2.26. The standard InChI is InChI=1S/C25H19ClFN3O3/c1-14-29-30-22(33-14)13-32-25(31)23-16-7-2-3-11-21(16)28-24-15(6-4-8-17(23)24)12-18-19(26)9-5-10-20(18)27/h2-3,5,7,9-12H,4,6,8,13H2,1H3/b15-12+. The first-order chi connectivity index (χ1) is 16.0. The third-order valence-electron chi connectivity index (χ3n) is 5.59. The molecular weight excluding hydrogens is 445 g/mol. The molecular formula is C25H19ClFN3O3. The van der Waals surface area contributed by atoms with Crippen molar-refractivity contribution >= 4 is 40.1 Å². The number of hydrogen-bond donors (Lipinski definition) is 0. The number of benzene rings is 2. The number of carbonyl (C=O) groups excluding carboxylic acids is 1. The van der Waals surface area contributed by atoms with Crippen molar-refractivity contribution in [3.63, 3.8) is 0 Å². The van der Waals surface area contributed by atoms with Gasteiger partial charge in [-0.15, -0.1) is 10.2 Å². The second kappa shape index (κ2) is 8.75. The fourth-order valence-corrected chi connectivity index (χ4v) is 4.34. The zero-order valence-electron chi connectivity index (χ0n) is 17.8. The first-order valence-electron chi connectivity index (χ1n) is 10.5. The summed E-state index contributed by atoms with van der Waals surface area (Å²) in [6.07, 6.45) is 3.86. The molecule has 0 aliphatic heterocycles. The summed E-state index contributed by atoms with van der Waals surface area (Å²) in [4.78, 5) is 18.1. The van der Waals surface area contributed by atoms with Crippen molar-refractivity contribution in [2.24, 2.45) is 0 Å². The number of ether oxygens (including phenoxy) is 1. The van der Waals surface area contributed by atoms with E-state index in [1.807, 2.05) is 24.3 Å². The Morgan fingerprint density at radius 2 is 2.03 bits per heavy atom. The van der Waals surface area contributed by atoms with E-state index in [1.54, 1.807) is 25.1 Å². The van der Waals surface area contributed by atoms with Gasteiger partial charge in [0, 0.05) is 17.9 Å². The normalized spacial score (nSPS) is 14.5. The molecule has 0 spiro atoms. The Labute approximate surface area is 194 Å². The lowest BCUT2D eigenvalue weighted by Crippen LogP contribution is -2.15. The third kappa shape index (κ3) is 4.12. The zero-order chi connectivity index (χ0) is 22.9. The van der Waals surface area contributed by atoms with E-state index in [2.05, 4.69) is 10.2 Å². The van der Waals surface area contributed by atoms with Crippen molar-refractivity contribution in [2.45, 2.75) is 32.8 Å². The Balaban J connectivity index is 1.62. The number of halogens is 2. The van der Waals surface area contributed by atoms with E-state index in [9.17, 15) is 9.18 Å². The first kappa shape index (κ1) is 21.3. The molecule has 0 amide bonds. The Hall–Kier alpha value is -3.58. The second-order valence-corrected chi connectivity index (χ2v) is 8.19. The van der Waals surface area contributed by atoms with Crippen LogP contribution in [-0.2, 0) is 17.8 Å². The summed E-state index contributed by atoms with van der Waals surface area (Å²) in [7, 11) is 0. The van der Waals surface area contributed by atoms with Crippen LogP contribution in [-0.4, -0.2) is 21.2 Å². The fourth-order valence-electron chi connectivity index (χ4n) is 4.13. The van der Waals surface area contributed by atoms with Crippen LogP contribution in [0.15, 0.2) is 46.9 Å². The summed E-state index contributed by atoms with van der Waals surface area (Å²) in [5.74, 6) is -0.277. The summed E-state index contributed by atoms with van der Waals surface area (Å²) in [5.41, 5.74) is 3.70. The number of carbonyl (C=O) groups is 1. The molecule has 6 nitrogen and oxygen atoms in total. The lowest BCUT2D eigenvalue weighted by atomic mass is 9.86. The maximum Gasteiger partial charge on any atom is 0.339 e. The molecule has 2 aromatic carbocycles. The van der Waals surface area contributed by atoms with Gasteiger partial charge in [0.2, 0.25) is 5.89 Å². The minimum Gasteiger partial charge on any atom is -0.452 e. The molecule has 0 radical (unpaired) electrons. The van der Waals surface area contributed by atoms with E-state index in [0.717, 1.165) is 17.6 Å². The van der Waals surface area contributed by atoms with Crippen molar-refractivity contribution in [1.29, 1.82) is 0 Å². The van der Waals surface area contributed by atoms with Crippen molar-refractivity contribution in [2.75, 3.05) is 0 Å². The van der Waals surface area contributed by atoms with Gasteiger partial charge in [-0.2, -0.15) is 0 Å². The lowest BCUT2D eigenvalue weighted by molar-refractivity contribution is 0.0437. The van der Waals surface area contributed by atoms with Gasteiger partial charge in [0.1, 0.15) is 5.82 Å². The van der Waals surface area contributed by atoms with Gasteiger partial charge in [-0.05, 0) is 54.7 Å². The Morgan fingerprint density at radius 3 is 2.82 bits per heavy atom. The Bertz CT molecular complexity index is 1390. The van der Waals surface area contributed by atoms with Crippen LogP contribution < -0.4 is 0 Å². The van der Waals surface area contributed by atoms with Crippen LogP contribution in [0.3, 0.4) is 0 Å². The number of pyridine rings is 1. The van der Waals surface area contributed by atoms with Gasteiger partial charge in [0.25, 0.3) is 5.89 Å². The third-order valence-corrected chi connectivity index (χ3v) is 5.92. The molecule has 4 aromatic rings. The van der Waals surface area contributed by atoms with Crippen LogP contribution in [0.25, 0.3) is 22.6 Å². The topological polar surface area (TPSA) is 78.1 Å². The number of rotatable bonds is 4. The second-order valence-electron chi connectivity index (χ2n) is 7.78. The molecule has 0 saturated carbocycles. The van der Waals surface area contributed by atoms with Crippen LogP contribution in [0.5, 0.6) is 0 Å². The number of allylic oxidation sites excluding steroid dienone is 1. The van der Waals surface area contributed by atoms with Gasteiger partial charge in [0.05, 0.1) is 21.8 Å². The van der Waals surface area contributed by atoms with Crippen LogP contribution in [0.1, 0.15) is 51.8 Å². The number of aromatic nitrogens is 3. The average molecular weight is 464 g/mol. The number of nitrogens with zero attached hydrogens (tertiary/aromatic N) is 3. The summed E-state index contributed by atoms with van der Waals surface area (Å²) in [6.45, 7) is 1.54. The van der Waals surface area contributed by atoms with Gasteiger partial charge < -0.3 is 9.15 Å². The monoisotopic (exact) mass is 463 g/mol. The smallest absolute Gasteiger partial charge is 0.339 e. The molecule has 2 aromatic heterocycles. The zero-order valence-corrected chi connectivity index (χ0v) is 18.5. The molecule has 1 aliphatic rings. The SMILES string of the molecule is Cc1nnc(COC(=O)c2c3c(nc4ccccc24)/C(=C/c2c(F)cccc2Cl)CCC3)o1. The molecule has 0 unspecified atom stereocenters. The summed E-state index contributed by atoms with van der Waals surface area (Å²) in [6, 6.07) is 12.0. The quantitative estimate of drug-likeness (QED) is 0.348. The van der Waals surface area contributed by atoms with E-state index < -0.39 is 11.8 Å².